The lowest BCUT2D eigenvalue weighted by atomic mass is 10.0. The van der Waals surface area contributed by atoms with Gasteiger partial charge in [0.25, 0.3) is 0 Å². The third-order valence-corrected chi connectivity index (χ3v) is 8.29. The van der Waals surface area contributed by atoms with Crippen LogP contribution in [-0.4, -0.2) is 80.2 Å². The van der Waals surface area contributed by atoms with Gasteiger partial charge in [0, 0.05) is 31.3 Å². The summed E-state index contributed by atoms with van der Waals surface area (Å²) in [5.41, 5.74) is 7.03. The van der Waals surface area contributed by atoms with Crippen LogP contribution < -0.4 is 11.1 Å². The summed E-state index contributed by atoms with van der Waals surface area (Å²) in [6.45, 7) is 4.30. The number of rotatable bonds is 13. The van der Waals surface area contributed by atoms with Gasteiger partial charge in [-0.05, 0) is 48.6 Å². The van der Waals surface area contributed by atoms with E-state index in [0.29, 0.717) is 18.7 Å². The molecule has 0 aromatic heterocycles. The Bertz CT molecular complexity index is 1110. The summed E-state index contributed by atoms with van der Waals surface area (Å²) in [7, 11) is -3.94. The fourth-order valence-corrected chi connectivity index (χ4v) is 6.04. The van der Waals surface area contributed by atoms with Crippen molar-refractivity contribution in [2.24, 2.45) is 11.8 Å². The fourth-order valence-electron chi connectivity index (χ4n) is 4.42. The molecule has 0 spiro atoms. The highest BCUT2D eigenvalue weighted by Gasteiger charge is 2.34. The number of ether oxygens (including phenoxy) is 2. The minimum Gasteiger partial charge on any atom is -0.443 e. The van der Waals surface area contributed by atoms with E-state index in [9.17, 15) is 23.4 Å². The van der Waals surface area contributed by atoms with Crippen LogP contribution in [0.3, 0.4) is 0 Å². The highest BCUT2D eigenvalue weighted by Crippen LogP contribution is 2.22. The molecule has 1 aliphatic heterocycles. The molecule has 1 saturated heterocycles. The molecule has 0 radical (unpaired) electrons. The van der Waals surface area contributed by atoms with Gasteiger partial charge >= 0.3 is 6.09 Å². The van der Waals surface area contributed by atoms with Crippen molar-refractivity contribution in [1.82, 2.24) is 9.62 Å². The van der Waals surface area contributed by atoms with E-state index in [1.165, 1.54) is 28.6 Å². The molecule has 210 valence electrons. The number of alkyl carbamates (subject to hydrolysis) is 1. The van der Waals surface area contributed by atoms with Crippen molar-refractivity contribution in [1.29, 1.82) is 0 Å². The summed E-state index contributed by atoms with van der Waals surface area (Å²) in [6, 6.07) is 14.4. The Balaban J connectivity index is 1.79. The minimum atomic E-state index is -3.94. The zero-order valence-electron chi connectivity index (χ0n) is 21.9. The summed E-state index contributed by atoms with van der Waals surface area (Å²) < 4.78 is 39.2. The van der Waals surface area contributed by atoms with E-state index in [1.807, 2.05) is 44.2 Å². The van der Waals surface area contributed by atoms with Crippen LogP contribution in [0.25, 0.3) is 0 Å². The Hall–Kier alpha value is -2.70. The predicted molar refractivity (Wildman–Crippen MR) is 144 cm³/mol. The van der Waals surface area contributed by atoms with Crippen molar-refractivity contribution in [3.05, 3.63) is 60.2 Å². The van der Waals surface area contributed by atoms with E-state index in [2.05, 4.69) is 5.32 Å². The molecule has 3 rings (SSSR count). The van der Waals surface area contributed by atoms with E-state index in [0.717, 1.165) is 5.56 Å². The molecule has 10 nitrogen and oxygen atoms in total. The Labute approximate surface area is 224 Å². The summed E-state index contributed by atoms with van der Waals surface area (Å²) in [6.07, 6.45) is -1.78. The lowest BCUT2D eigenvalue weighted by Gasteiger charge is -2.31. The number of hydrogen-bond acceptors (Lipinski definition) is 8. The van der Waals surface area contributed by atoms with Crippen LogP contribution in [0, 0.1) is 11.8 Å². The third kappa shape index (κ3) is 8.40. The van der Waals surface area contributed by atoms with Crippen molar-refractivity contribution < 1.29 is 32.9 Å². The van der Waals surface area contributed by atoms with Crippen LogP contribution in [0.5, 0.6) is 0 Å². The maximum Gasteiger partial charge on any atom is 0.407 e. The smallest absolute Gasteiger partial charge is 0.407 e. The van der Waals surface area contributed by atoms with Crippen molar-refractivity contribution in [3.63, 3.8) is 0 Å². The largest absolute Gasteiger partial charge is 0.443 e. The number of anilines is 1. The maximum atomic E-state index is 13.5. The van der Waals surface area contributed by atoms with Crippen LogP contribution in [0.15, 0.2) is 59.5 Å². The SMILES string of the molecule is CC(C)CN(C[C@@H](O)[C@H](Cc1ccccc1)NC(=O)O[C@H]1COC[C@H]1CCO)S(=O)(=O)c1ccc(N)cc1. The highest BCUT2D eigenvalue weighted by atomic mass is 32.2. The number of carbonyl (C=O) groups is 1. The van der Waals surface area contributed by atoms with Gasteiger partial charge in [-0.3, -0.25) is 0 Å². The van der Waals surface area contributed by atoms with Crippen molar-refractivity contribution in [2.75, 3.05) is 38.6 Å². The molecule has 0 aliphatic carbocycles. The first-order chi connectivity index (χ1) is 18.1. The lowest BCUT2D eigenvalue weighted by molar-refractivity contribution is 0.0527. The average molecular weight is 550 g/mol. The van der Waals surface area contributed by atoms with E-state index in [1.54, 1.807) is 0 Å². The molecule has 38 heavy (non-hydrogen) atoms. The van der Waals surface area contributed by atoms with Gasteiger partial charge in [0.2, 0.25) is 10.0 Å². The van der Waals surface area contributed by atoms with E-state index in [-0.39, 0.29) is 49.5 Å². The number of amides is 1. The molecule has 0 unspecified atom stereocenters. The van der Waals surface area contributed by atoms with Gasteiger partial charge in [0.15, 0.2) is 0 Å². The molecule has 4 atom stereocenters. The zero-order chi connectivity index (χ0) is 27.7. The number of nitrogens with zero attached hydrogens (tertiary/aromatic N) is 1. The molecular weight excluding hydrogens is 510 g/mol. The second-order valence-electron chi connectivity index (χ2n) is 10.0. The van der Waals surface area contributed by atoms with Crippen LogP contribution in [-0.2, 0) is 25.9 Å². The highest BCUT2D eigenvalue weighted by molar-refractivity contribution is 7.89. The summed E-state index contributed by atoms with van der Waals surface area (Å²) in [5, 5.41) is 23.3. The standard InChI is InChI=1S/C27H39N3O7S/c1-19(2)15-30(38(34,35)23-10-8-22(28)9-11-23)16-25(32)24(14-20-6-4-3-5-7-20)29-27(33)37-26-18-36-17-21(26)12-13-31/h3-11,19,21,24-26,31-32H,12-18,28H2,1-2H3,(H,29,33)/t21-,24+,25-,26+/m1/s1. The Kier molecular flexibility index (Phi) is 10.9. The first kappa shape index (κ1) is 29.9. The number of aliphatic hydroxyl groups is 2. The lowest BCUT2D eigenvalue weighted by Crippen LogP contribution is -2.51. The second-order valence-corrected chi connectivity index (χ2v) is 12.0. The van der Waals surface area contributed by atoms with E-state index < -0.39 is 34.4 Å². The maximum absolute atomic E-state index is 13.5. The van der Waals surface area contributed by atoms with E-state index >= 15 is 0 Å². The molecule has 2 aromatic carbocycles. The number of nitrogens with two attached hydrogens (primary N) is 1. The van der Waals surface area contributed by atoms with Gasteiger partial charge in [0.05, 0.1) is 30.3 Å². The first-order valence-corrected chi connectivity index (χ1v) is 14.3. The third-order valence-electron chi connectivity index (χ3n) is 6.44. The number of carbonyl (C=O) groups excluding carboxylic acids is 1. The van der Waals surface area contributed by atoms with Gasteiger partial charge in [-0.2, -0.15) is 4.31 Å². The summed E-state index contributed by atoms with van der Waals surface area (Å²) in [5.74, 6) is -0.128. The summed E-state index contributed by atoms with van der Waals surface area (Å²) in [4.78, 5) is 12.9. The second kappa shape index (κ2) is 13.9. The Morgan fingerprint density at radius 2 is 1.82 bits per heavy atom. The molecule has 0 saturated carbocycles. The molecule has 0 bridgehead atoms. The first-order valence-electron chi connectivity index (χ1n) is 12.8. The fraction of sp³-hybridized carbons (Fsp3) is 0.519. The zero-order valence-corrected chi connectivity index (χ0v) is 22.7. The number of aliphatic hydroxyl groups excluding tert-OH is 2. The molecule has 1 amide bonds. The predicted octanol–water partition coefficient (Wildman–Crippen LogP) is 2.01. The Morgan fingerprint density at radius 3 is 2.45 bits per heavy atom. The molecule has 1 heterocycles. The molecule has 1 fully saturated rings. The van der Waals surface area contributed by atoms with Crippen LogP contribution >= 0.6 is 0 Å². The van der Waals surface area contributed by atoms with Gasteiger partial charge in [-0.25, -0.2) is 13.2 Å². The number of nitrogen functional groups attached to an aromatic ring is 1. The summed E-state index contributed by atoms with van der Waals surface area (Å²) >= 11 is 0. The minimum absolute atomic E-state index is 0.0120. The average Bonchev–Trinajstić information content (AvgIpc) is 3.30. The molecule has 5 N–H and O–H groups in total. The van der Waals surface area contributed by atoms with Gasteiger partial charge in [-0.15, -0.1) is 0 Å². The van der Waals surface area contributed by atoms with Gasteiger partial charge in [0.1, 0.15) is 6.10 Å². The number of nitrogens with one attached hydrogen (secondary N) is 1. The molecule has 1 aliphatic rings. The number of hydrogen-bond donors (Lipinski definition) is 4. The monoisotopic (exact) mass is 549 g/mol. The van der Waals surface area contributed by atoms with Crippen LogP contribution in [0.4, 0.5) is 10.5 Å². The number of benzene rings is 2. The normalized spacial score (nSPS) is 19.4. The van der Waals surface area contributed by atoms with Crippen LogP contribution in [0.2, 0.25) is 0 Å². The molecule has 2 aromatic rings. The Morgan fingerprint density at radius 1 is 1.13 bits per heavy atom. The molecular formula is C27H39N3O7S. The van der Waals surface area contributed by atoms with Gasteiger partial charge < -0.3 is 30.7 Å². The molecule has 11 heteroatoms. The number of sulfonamides is 1. The van der Waals surface area contributed by atoms with Crippen LogP contribution in [0.1, 0.15) is 25.8 Å². The van der Waals surface area contributed by atoms with Crippen molar-refractivity contribution >= 4 is 21.8 Å². The quantitative estimate of drug-likeness (QED) is 0.277. The van der Waals surface area contributed by atoms with Gasteiger partial charge in [-0.1, -0.05) is 44.2 Å². The van der Waals surface area contributed by atoms with Crippen molar-refractivity contribution in [3.8, 4) is 0 Å². The topological polar surface area (TPSA) is 151 Å². The van der Waals surface area contributed by atoms with E-state index in [4.69, 9.17) is 15.2 Å². The van der Waals surface area contributed by atoms with Crippen molar-refractivity contribution in [2.45, 2.75) is 49.8 Å².